The number of hydrogen-bond donors (Lipinski definition) is 2. The predicted molar refractivity (Wildman–Crippen MR) is 112 cm³/mol. The van der Waals surface area contributed by atoms with Crippen LogP contribution >= 0.6 is 0 Å². The van der Waals surface area contributed by atoms with Crippen molar-refractivity contribution >= 4 is 17.5 Å². The van der Waals surface area contributed by atoms with Crippen LogP contribution in [0.4, 0.5) is 0 Å². The molecule has 1 heterocycles. The van der Waals surface area contributed by atoms with Gasteiger partial charge >= 0.3 is 11.9 Å². The number of fused-ring (bicyclic) bond motifs is 2. The number of hydrogen-bond acceptors (Lipinski definition) is 4. The summed E-state index contributed by atoms with van der Waals surface area (Å²) in [6.45, 7) is 1.69. The van der Waals surface area contributed by atoms with E-state index in [0.717, 1.165) is 18.7 Å². The lowest BCUT2D eigenvalue weighted by Gasteiger charge is -2.12. The third kappa shape index (κ3) is 6.93. The maximum absolute atomic E-state index is 9.55. The van der Waals surface area contributed by atoms with E-state index in [4.69, 9.17) is 14.9 Å². The van der Waals surface area contributed by atoms with Crippen LogP contribution in [-0.4, -0.2) is 47.7 Å². The minimum absolute atomic E-state index is 0.558. The molecule has 0 saturated carbocycles. The first-order chi connectivity index (χ1) is 13.9. The zero-order valence-electron chi connectivity index (χ0n) is 16.5. The van der Waals surface area contributed by atoms with Crippen molar-refractivity contribution in [2.24, 2.45) is 0 Å². The Hall–Kier alpha value is -3.38. The van der Waals surface area contributed by atoms with Crippen molar-refractivity contribution in [3.63, 3.8) is 0 Å². The van der Waals surface area contributed by atoms with Crippen LogP contribution < -0.4 is 4.74 Å². The largest absolute Gasteiger partial charge is 0.488 e. The van der Waals surface area contributed by atoms with Crippen LogP contribution in [0.1, 0.15) is 23.1 Å². The lowest BCUT2D eigenvalue weighted by atomic mass is 9.93. The summed E-state index contributed by atoms with van der Waals surface area (Å²) >= 11 is 0. The second kappa shape index (κ2) is 10.8. The average molecular weight is 395 g/mol. The summed E-state index contributed by atoms with van der Waals surface area (Å²) < 4.78 is 5.98. The number of benzene rings is 2. The monoisotopic (exact) mass is 395 g/mol. The molecule has 0 unspecified atom stereocenters. The van der Waals surface area contributed by atoms with Gasteiger partial charge < -0.3 is 19.8 Å². The van der Waals surface area contributed by atoms with E-state index in [1.807, 2.05) is 6.07 Å². The minimum Gasteiger partial charge on any atom is -0.488 e. The highest BCUT2D eigenvalue weighted by Crippen LogP contribution is 2.36. The van der Waals surface area contributed by atoms with Gasteiger partial charge in [-0.2, -0.15) is 0 Å². The van der Waals surface area contributed by atoms with Crippen molar-refractivity contribution in [2.45, 2.75) is 13.0 Å². The van der Waals surface area contributed by atoms with Gasteiger partial charge in [-0.25, -0.2) is 9.59 Å². The number of nitrogens with zero attached hydrogens (tertiary/aromatic N) is 1. The van der Waals surface area contributed by atoms with Gasteiger partial charge in [-0.05, 0) is 43.3 Å². The van der Waals surface area contributed by atoms with Gasteiger partial charge in [0.25, 0.3) is 0 Å². The standard InChI is InChI=1S/C19H21NO.C4H4O4/c1-20(2)13-7-11-17-16-9-4-3-8-15(16)14-21-19-12-6-5-10-18(17)19;5-3(6)1-2-4(7)8/h3-6,8-12H,7,13-14H2,1-2H3;1-2H,(H,5,6)(H,7,8)/b17-11-;2-1-. The Bertz CT molecular complexity index is 849. The summed E-state index contributed by atoms with van der Waals surface area (Å²) in [6.07, 6.45) is 4.49. The van der Waals surface area contributed by atoms with E-state index in [1.165, 1.54) is 22.3 Å². The van der Waals surface area contributed by atoms with Gasteiger partial charge in [-0.15, -0.1) is 0 Å². The van der Waals surface area contributed by atoms with E-state index in [-0.39, 0.29) is 0 Å². The molecule has 0 amide bonds. The molecular formula is C23H25NO5. The zero-order chi connectivity index (χ0) is 21.2. The zero-order valence-corrected chi connectivity index (χ0v) is 16.5. The molecule has 2 N–H and O–H groups in total. The maximum atomic E-state index is 9.55. The molecule has 2 aromatic rings. The second-order valence-corrected chi connectivity index (χ2v) is 6.66. The second-order valence-electron chi connectivity index (χ2n) is 6.66. The van der Waals surface area contributed by atoms with Gasteiger partial charge in [0.2, 0.25) is 0 Å². The van der Waals surface area contributed by atoms with Gasteiger partial charge in [-0.3, -0.25) is 0 Å². The van der Waals surface area contributed by atoms with Crippen LogP contribution in [0, 0.1) is 0 Å². The van der Waals surface area contributed by atoms with Crippen molar-refractivity contribution in [2.75, 3.05) is 20.6 Å². The topological polar surface area (TPSA) is 87.1 Å². The fraction of sp³-hybridized carbons (Fsp3) is 0.217. The molecule has 0 aliphatic carbocycles. The lowest BCUT2D eigenvalue weighted by Crippen LogP contribution is -2.12. The first-order valence-electron chi connectivity index (χ1n) is 9.17. The highest BCUT2D eigenvalue weighted by atomic mass is 16.5. The van der Waals surface area contributed by atoms with Crippen LogP contribution in [0.5, 0.6) is 5.75 Å². The first-order valence-corrected chi connectivity index (χ1v) is 9.17. The van der Waals surface area contributed by atoms with Crippen molar-refractivity contribution in [1.29, 1.82) is 0 Å². The minimum atomic E-state index is -1.26. The van der Waals surface area contributed by atoms with E-state index in [2.05, 4.69) is 67.5 Å². The molecule has 0 spiro atoms. The molecule has 0 radical (unpaired) electrons. The molecule has 0 fully saturated rings. The fourth-order valence-corrected chi connectivity index (χ4v) is 2.85. The smallest absolute Gasteiger partial charge is 0.328 e. The number of aliphatic carboxylic acids is 2. The maximum Gasteiger partial charge on any atom is 0.328 e. The number of carbonyl (C=O) groups is 2. The summed E-state index contributed by atoms with van der Waals surface area (Å²) in [5.41, 5.74) is 5.03. The molecule has 0 aromatic heterocycles. The number of carboxylic acid groups (broad SMARTS) is 2. The van der Waals surface area contributed by atoms with Crippen LogP contribution in [0.2, 0.25) is 0 Å². The fourth-order valence-electron chi connectivity index (χ4n) is 2.85. The molecule has 0 saturated heterocycles. The average Bonchev–Trinajstić information content (AvgIpc) is 2.84. The molecule has 6 nitrogen and oxygen atoms in total. The molecule has 152 valence electrons. The normalized spacial score (nSPS) is 13.7. The van der Waals surface area contributed by atoms with E-state index in [0.29, 0.717) is 18.8 Å². The van der Waals surface area contributed by atoms with Gasteiger partial charge in [-0.1, -0.05) is 48.5 Å². The summed E-state index contributed by atoms with van der Waals surface area (Å²) in [5, 5.41) is 15.6. The highest BCUT2D eigenvalue weighted by molar-refractivity contribution is 5.89. The number of carboxylic acids is 2. The molecule has 3 rings (SSSR count). The highest BCUT2D eigenvalue weighted by Gasteiger charge is 2.17. The summed E-state index contributed by atoms with van der Waals surface area (Å²) in [5.74, 6) is -1.54. The Labute approximate surface area is 170 Å². The van der Waals surface area contributed by atoms with E-state index < -0.39 is 11.9 Å². The van der Waals surface area contributed by atoms with Gasteiger partial charge in [0, 0.05) is 24.3 Å². The van der Waals surface area contributed by atoms with Gasteiger partial charge in [0.15, 0.2) is 0 Å². The van der Waals surface area contributed by atoms with Crippen molar-refractivity contribution < 1.29 is 24.5 Å². The predicted octanol–water partition coefficient (Wildman–Crippen LogP) is 3.67. The SMILES string of the molecule is CN(C)CC/C=C1/c2ccccc2COc2ccccc21.O=C(O)/C=C\C(=O)O. The molecule has 6 heteroatoms. The Morgan fingerprint density at radius 1 is 0.966 bits per heavy atom. The summed E-state index contributed by atoms with van der Waals surface area (Å²) in [4.78, 5) is 21.3. The van der Waals surface area contributed by atoms with Crippen LogP contribution in [0.25, 0.3) is 5.57 Å². The van der Waals surface area contributed by atoms with Crippen molar-refractivity contribution in [3.05, 3.63) is 83.4 Å². The first kappa shape index (κ1) is 21.9. The molecular weight excluding hydrogens is 370 g/mol. The van der Waals surface area contributed by atoms with Gasteiger partial charge in [0.05, 0.1) is 0 Å². The molecule has 0 bridgehead atoms. The summed E-state index contributed by atoms with van der Waals surface area (Å²) in [6, 6.07) is 16.9. The van der Waals surface area contributed by atoms with Crippen LogP contribution in [-0.2, 0) is 16.2 Å². The molecule has 29 heavy (non-hydrogen) atoms. The summed E-state index contributed by atoms with van der Waals surface area (Å²) in [7, 11) is 4.22. The van der Waals surface area contributed by atoms with E-state index >= 15 is 0 Å². The Morgan fingerprint density at radius 2 is 1.55 bits per heavy atom. The molecule has 1 aliphatic heterocycles. The Morgan fingerprint density at radius 3 is 2.17 bits per heavy atom. The lowest BCUT2D eigenvalue weighted by molar-refractivity contribution is -0.134. The van der Waals surface area contributed by atoms with Gasteiger partial charge in [0.1, 0.15) is 12.4 Å². The van der Waals surface area contributed by atoms with Crippen LogP contribution in [0.15, 0.2) is 66.8 Å². The molecule has 1 aliphatic rings. The quantitative estimate of drug-likeness (QED) is 0.751. The molecule has 0 atom stereocenters. The Balaban J connectivity index is 0.000000321. The third-order valence-corrected chi connectivity index (χ3v) is 4.16. The molecule has 2 aromatic carbocycles. The van der Waals surface area contributed by atoms with Crippen molar-refractivity contribution in [1.82, 2.24) is 4.90 Å². The van der Waals surface area contributed by atoms with E-state index in [9.17, 15) is 9.59 Å². The number of ether oxygens (including phenoxy) is 1. The number of rotatable bonds is 5. The third-order valence-electron chi connectivity index (χ3n) is 4.16. The Kier molecular flexibility index (Phi) is 8.18. The van der Waals surface area contributed by atoms with Crippen LogP contribution in [0.3, 0.4) is 0 Å². The number of para-hydroxylation sites is 1. The van der Waals surface area contributed by atoms with E-state index in [1.54, 1.807) is 0 Å². The van der Waals surface area contributed by atoms with Crippen molar-refractivity contribution in [3.8, 4) is 5.75 Å².